The van der Waals surface area contributed by atoms with Gasteiger partial charge >= 0.3 is 0 Å². The Morgan fingerprint density at radius 3 is 2.88 bits per heavy atom. The third-order valence-electron chi connectivity index (χ3n) is 2.66. The number of rotatable bonds is 4. The summed E-state index contributed by atoms with van der Waals surface area (Å²) in [6, 6.07) is 3.89. The maximum atomic E-state index is 11.2. The van der Waals surface area contributed by atoms with E-state index in [4.69, 9.17) is 11.5 Å². The number of unbranched alkanes of at least 4 members (excludes halogenated alkanes) is 1. The molecule has 0 aliphatic heterocycles. The molecule has 0 unspecified atom stereocenters. The molecule has 0 aliphatic carbocycles. The topological polar surface area (TPSA) is 82.0 Å². The van der Waals surface area contributed by atoms with Gasteiger partial charge in [-0.15, -0.1) is 11.3 Å². The minimum atomic E-state index is -0.486. The van der Waals surface area contributed by atoms with Crippen molar-refractivity contribution in [3.8, 4) is 0 Å². The number of amides is 1. The lowest BCUT2D eigenvalue weighted by Crippen LogP contribution is -2.10. The fourth-order valence-electron chi connectivity index (χ4n) is 1.72. The van der Waals surface area contributed by atoms with Crippen molar-refractivity contribution in [2.45, 2.75) is 26.2 Å². The Hall–Kier alpha value is -1.62. The van der Waals surface area contributed by atoms with Crippen LogP contribution in [0.1, 0.15) is 35.1 Å². The van der Waals surface area contributed by atoms with E-state index in [0.717, 1.165) is 35.2 Å². The van der Waals surface area contributed by atoms with Crippen LogP contribution in [-0.4, -0.2) is 10.9 Å². The Balaban J connectivity index is 2.44. The summed E-state index contributed by atoms with van der Waals surface area (Å²) in [6.07, 6.45) is 3.21. The zero-order valence-corrected chi connectivity index (χ0v) is 10.5. The second kappa shape index (κ2) is 4.71. The van der Waals surface area contributed by atoms with Gasteiger partial charge in [0.25, 0.3) is 5.91 Å². The van der Waals surface area contributed by atoms with Crippen molar-refractivity contribution in [3.05, 3.63) is 22.7 Å². The van der Waals surface area contributed by atoms with E-state index in [1.807, 2.05) is 12.1 Å². The number of aryl methyl sites for hydroxylation is 1. The minimum absolute atomic E-state index is 0.403. The molecule has 4 N–H and O–H groups in total. The van der Waals surface area contributed by atoms with E-state index in [2.05, 4.69) is 11.9 Å². The van der Waals surface area contributed by atoms with Gasteiger partial charge in [0.05, 0.1) is 5.69 Å². The van der Waals surface area contributed by atoms with Gasteiger partial charge in [0.2, 0.25) is 0 Å². The molecule has 0 spiro atoms. The summed E-state index contributed by atoms with van der Waals surface area (Å²) in [4.78, 5) is 16.9. The number of aromatic nitrogens is 1. The van der Waals surface area contributed by atoms with E-state index in [1.165, 1.54) is 11.3 Å². The van der Waals surface area contributed by atoms with Crippen LogP contribution in [0.25, 0.3) is 10.2 Å². The number of nitrogens with two attached hydrogens (primary N) is 2. The summed E-state index contributed by atoms with van der Waals surface area (Å²) in [5.41, 5.74) is 12.6. The van der Waals surface area contributed by atoms with Crippen molar-refractivity contribution >= 4 is 33.1 Å². The van der Waals surface area contributed by atoms with Crippen LogP contribution in [0.5, 0.6) is 0 Å². The molecule has 2 aromatic heterocycles. The van der Waals surface area contributed by atoms with Crippen LogP contribution in [0, 0.1) is 0 Å². The number of pyridine rings is 1. The number of hydrogen-bond acceptors (Lipinski definition) is 4. The molecule has 1 amide bonds. The monoisotopic (exact) mass is 249 g/mol. The molecule has 0 saturated heterocycles. The fourth-order valence-corrected chi connectivity index (χ4v) is 2.68. The van der Waals surface area contributed by atoms with Gasteiger partial charge in [0, 0.05) is 11.1 Å². The fraction of sp³-hybridized carbons (Fsp3) is 0.333. The Labute approximate surface area is 104 Å². The molecule has 2 heterocycles. The number of carbonyl (C=O) groups is 1. The van der Waals surface area contributed by atoms with Crippen molar-refractivity contribution < 1.29 is 4.79 Å². The van der Waals surface area contributed by atoms with Gasteiger partial charge in [-0.3, -0.25) is 4.79 Å². The lowest BCUT2D eigenvalue weighted by molar-refractivity contribution is 0.100. The number of nitrogens with zero attached hydrogens (tertiary/aromatic N) is 1. The average Bonchev–Trinajstić information content (AvgIpc) is 2.64. The largest absolute Gasteiger partial charge is 0.397 e. The molecule has 0 saturated carbocycles. The molecule has 0 aromatic carbocycles. The zero-order chi connectivity index (χ0) is 12.4. The van der Waals surface area contributed by atoms with Gasteiger partial charge in [-0.25, -0.2) is 4.98 Å². The van der Waals surface area contributed by atoms with E-state index in [1.54, 1.807) is 0 Å². The Kier molecular flexibility index (Phi) is 3.28. The number of anilines is 1. The van der Waals surface area contributed by atoms with Crippen LogP contribution in [0.2, 0.25) is 0 Å². The molecule has 0 radical (unpaired) electrons. The Morgan fingerprint density at radius 2 is 2.24 bits per heavy atom. The van der Waals surface area contributed by atoms with Crippen LogP contribution in [-0.2, 0) is 6.42 Å². The van der Waals surface area contributed by atoms with Gasteiger partial charge in [0.15, 0.2) is 0 Å². The highest BCUT2D eigenvalue weighted by atomic mass is 32.1. The first-order valence-electron chi connectivity index (χ1n) is 5.61. The highest BCUT2D eigenvalue weighted by Crippen LogP contribution is 2.32. The summed E-state index contributed by atoms with van der Waals surface area (Å²) in [5.74, 6) is -0.486. The molecule has 0 bridgehead atoms. The van der Waals surface area contributed by atoms with Crippen LogP contribution < -0.4 is 11.5 Å². The lowest BCUT2D eigenvalue weighted by atomic mass is 10.1. The van der Waals surface area contributed by atoms with Gasteiger partial charge < -0.3 is 11.5 Å². The molecule has 17 heavy (non-hydrogen) atoms. The minimum Gasteiger partial charge on any atom is -0.397 e. The summed E-state index contributed by atoms with van der Waals surface area (Å²) in [7, 11) is 0. The summed E-state index contributed by atoms with van der Waals surface area (Å²) in [6.45, 7) is 2.15. The highest BCUT2D eigenvalue weighted by Gasteiger charge is 2.14. The number of hydrogen-bond donors (Lipinski definition) is 2. The molecule has 2 rings (SSSR count). The first-order chi connectivity index (χ1) is 8.13. The lowest BCUT2D eigenvalue weighted by Gasteiger charge is -1.98. The van der Waals surface area contributed by atoms with Crippen LogP contribution in [0.3, 0.4) is 0 Å². The van der Waals surface area contributed by atoms with Crippen LogP contribution >= 0.6 is 11.3 Å². The molecule has 4 nitrogen and oxygen atoms in total. The highest BCUT2D eigenvalue weighted by molar-refractivity contribution is 7.21. The summed E-state index contributed by atoms with van der Waals surface area (Å²) < 4.78 is 0. The third-order valence-corrected chi connectivity index (χ3v) is 3.79. The Bertz CT molecular complexity index is 562. The third kappa shape index (κ3) is 2.24. The smallest absolute Gasteiger partial charge is 0.260 e. The van der Waals surface area contributed by atoms with Crippen molar-refractivity contribution in [1.29, 1.82) is 0 Å². The SMILES string of the molecule is CCCCc1ccc2c(N)c(C(N)=O)sc2n1. The first-order valence-corrected chi connectivity index (χ1v) is 6.42. The molecule has 0 fully saturated rings. The number of thiophene rings is 1. The number of primary amides is 1. The van der Waals surface area contributed by atoms with E-state index >= 15 is 0 Å². The standard InChI is InChI=1S/C12H15N3OS/c1-2-3-4-7-5-6-8-9(13)10(11(14)16)17-12(8)15-7/h5-6H,2-4,13H2,1H3,(H2,14,16). The second-order valence-corrected chi connectivity index (χ2v) is 4.97. The number of fused-ring (bicyclic) bond motifs is 1. The van der Waals surface area contributed by atoms with E-state index in [9.17, 15) is 4.79 Å². The Morgan fingerprint density at radius 1 is 1.47 bits per heavy atom. The van der Waals surface area contributed by atoms with Crippen molar-refractivity contribution in [2.75, 3.05) is 5.73 Å². The van der Waals surface area contributed by atoms with Gasteiger partial charge in [0.1, 0.15) is 9.71 Å². The molecule has 5 heteroatoms. The van der Waals surface area contributed by atoms with Gasteiger partial charge in [-0.2, -0.15) is 0 Å². The summed E-state index contributed by atoms with van der Waals surface area (Å²) >= 11 is 1.27. The maximum Gasteiger partial charge on any atom is 0.260 e. The van der Waals surface area contributed by atoms with Crippen molar-refractivity contribution in [1.82, 2.24) is 4.98 Å². The predicted octanol–water partition coefficient (Wildman–Crippen LogP) is 2.32. The van der Waals surface area contributed by atoms with E-state index in [0.29, 0.717) is 10.6 Å². The normalized spacial score (nSPS) is 10.9. The summed E-state index contributed by atoms with van der Waals surface area (Å²) in [5, 5.41) is 0.823. The van der Waals surface area contributed by atoms with Crippen LogP contribution in [0.15, 0.2) is 12.1 Å². The predicted molar refractivity (Wildman–Crippen MR) is 71.2 cm³/mol. The molecule has 0 atom stereocenters. The zero-order valence-electron chi connectivity index (χ0n) is 9.69. The maximum absolute atomic E-state index is 11.2. The average molecular weight is 249 g/mol. The quantitative estimate of drug-likeness (QED) is 0.872. The van der Waals surface area contributed by atoms with E-state index in [-0.39, 0.29) is 0 Å². The molecular formula is C12H15N3OS. The molecule has 0 aliphatic rings. The van der Waals surface area contributed by atoms with E-state index < -0.39 is 5.91 Å². The molecule has 90 valence electrons. The number of carbonyl (C=O) groups excluding carboxylic acids is 1. The first kappa shape index (κ1) is 11.9. The molecule has 2 aromatic rings. The van der Waals surface area contributed by atoms with Crippen molar-refractivity contribution in [2.24, 2.45) is 5.73 Å². The van der Waals surface area contributed by atoms with Gasteiger partial charge in [-0.05, 0) is 25.0 Å². The van der Waals surface area contributed by atoms with Crippen molar-refractivity contribution in [3.63, 3.8) is 0 Å². The van der Waals surface area contributed by atoms with Gasteiger partial charge in [-0.1, -0.05) is 13.3 Å². The molecular weight excluding hydrogens is 234 g/mol. The van der Waals surface area contributed by atoms with Crippen LogP contribution in [0.4, 0.5) is 5.69 Å². The number of nitrogen functional groups attached to an aromatic ring is 1. The second-order valence-electron chi connectivity index (χ2n) is 3.97.